The molecule has 0 saturated heterocycles. The number of allylic oxidation sites excluding steroid dienone is 1. The smallest absolute Gasteiger partial charge is 0.257 e. The Bertz CT molecular complexity index is 825. The number of anilines is 2. The highest BCUT2D eigenvalue weighted by Crippen LogP contribution is 2.19. The molecule has 2 rings (SSSR count). The number of amides is 1. The topological polar surface area (TPSA) is 88.7 Å². The summed E-state index contributed by atoms with van der Waals surface area (Å²) in [6, 6.07) is 17.9. The molecule has 0 spiro atoms. The Morgan fingerprint density at radius 2 is 1.61 bits per heavy atom. The van der Waals surface area contributed by atoms with Gasteiger partial charge in [-0.1, -0.05) is 30.3 Å². The quantitative estimate of drug-likeness (QED) is 0.845. The van der Waals surface area contributed by atoms with Gasteiger partial charge in [-0.15, -0.1) is 0 Å². The van der Waals surface area contributed by atoms with Crippen LogP contribution < -0.4 is 10.6 Å². The van der Waals surface area contributed by atoms with E-state index in [1.54, 1.807) is 36.4 Å². The molecule has 5 heteroatoms. The van der Waals surface area contributed by atoms with Crippen molar-refractivity contribution in [2.75, 3.05) is 10.6 Å². The van der Waals surface area contributed by atoms with Gasteiger partial charge in [0.25, 0.3) is 5.91 Å². The summed E-state index contributed by atoms with van der Waals surface area (Å²) in [5.74, 6) is -0.272. The summed E-state index contributed by atoms with van der Waals surface area (Å²) >= 11 is 0. The Hall–Kier alpha value is -3.57. The number of nitriles is 2. The van der Waals surface area contributed by atoms with Crippen LogP contribution in [0.25, 0.3) is 0 Å². The minimum atomic E-state index is -0.272. The molecule has 0 aliphatic rings. The molecule has 0 atom stereocenters. The SMILES string of the molecule is Cc1ccccc1NC(=O)c1ccccc1NC=C(C#N)C#N. The summed E-state index contributed by atoms with van der Waals surface area (Å²) < 4.78 is 0. The fraction of sp³-hybridized carbons (Fsp3) is 0.0556. The van der Waals surface area contributed by atoms with Crippen molar-refractivity contribution in [2.24, 2.45) is 0 Å². The van der Waals surface area contributed by atoms with Gasteiger partial charge in [-0.2, -0.15) is 10.5 Å². The van der Waals surface area contributed by atoms with Gasteiger partial charge in [0.15, 0.2) is 0 Å². The minimum Gasteiger partial charge on any atom is -0.359 e. The van der Waals surface area contributed by atoms with Crippen molar-refractivity contribution in [1.29, 1.82) is 10.5 Å². The second kappa shape index (κ2) is 7.44. The Kier molecular flexibility index (Phi) is 5.12. The fourth-order valence-electron chi connectivity index (χ4n) is 1.95. The number of nitrogens with one attached hydrogen (secondary N) is 2. The van der Waals surface area contributed by atoms with Crippen LogP contribution in [0.3, 0.4) is 0 Å². The number of aryl methyl sites for hydroxylation is 1. The van der Waals surface area contributed by atoms with Crippen LogP contribution >= 0.6 is 0 Å². The minimum absolute atomic E-state index is 0.0703. The molecule has 1 amide bonds. The number of carbonyl (C=O) groups excluding carboxylic acids is 1. The van der Waals surface area contributed by atoms with E-state index < -0.39 is 0 Å². The summed E-state index contributed by atoms with van der Waals surface area (Å²) in [6.07, 6.45) is 1.28. The highest BCUT2D eigenvalue weighted by Gasteiger charge is 2.11. The van der Waals surface area contributed by atoms with Crippen LogP contribution in [-0.4, -0.2) is 5.91 Å². The van der Waals surface area contributed by atoms with Crippen molar-refractivity contribution in [3.05, 3.63) is 71.4 Å². The van der Waals surface area contributed by atoms with Crippen molar-refractivity contribution < 1.29 is 4.79 Å². The molecule has 5 nitrogen and oxygen atoms in total. The van der Waals surface area contributed by atoms with Crippen LogP contribution in [0.5, 0.6) is 0 Å². The summed E-state index contributed by atoms with van der Waals surface area (Å²) in [5, 5.41) is 23.2. The van der Waals surface area contributed by atoms with Gasteiger partial charge in [0.1, 0.15) is 17.7 Å². The van der Waals surface area contributed by atoms with E-state index in [1.807, 2.05) is 31.2 Å². The number of hydrogen-bond donors (Lipinski definition) is 2. The van der Waals surface area contributed by atoms with Crippen LogP contribution in [0.2, 0.25) is 0 Å². The van der Waals surface area contributed by atoms with E-state index in [1.165, 1.54) is 6.20 Å². The zero-order valence-electron chi connectivity index (χ0n) is 12.5. The Morgan fingerprint density at radius 3 is 2.26 bits per heavy atom. The lowest BCUT2D eigenvalue weighted by atomic mass is 10.1. The predicted molar refractivity (Wildman–Crippen MR) is 88.5 cm³/mol. The van der Waals surface area contributed by atoms with Crippen molar-refractivity contribution in [1.82, 2.24) is 0 Å². The number of rotatable bonds is 4. The maximum atomic E-state index is 12.5. The molecule has 0 aliphatic heterocycles. The second-order valence-corrected chi connectivity index (χ2v) is 4.74. The van der Waals surface area contributed by atoms with Gasteiger partial charge < -0.3 is 10.6 Å². The number of hydrogen-bond acceptors (Lipinski definition) is 4. The van der Waals surface area contributed by atoms with Crippen molar-refractivity contribution in [3.63, 3.8) is 0 Å². The number of nitrogens with zero attached hydrogens (tertiary/aromatic N) is 2. The summed E-state index contributed by atoms with van der Waals surface area (Å²) in [6.45, 7) is 1.91. The van der Waals surface area contributed by atoms with Gasteiger partial charge in [-0.05, 0) is 30.7 Å². The maximum Gasteiger partial charge on any atom is 0.257 e. The van der Waals surface area contributed by atoms with E-state index in [-0.39, 0.29) is 11.5 Å². The molecule has 0 unspecified atom stereocenters. The van der Waals surface area contributed by atoms with Gasteiger partial charge in [0.05, 0.1) is 11.3 Å². The first-order valence-corrected chi connectivity index (χ1v) is 6.88. The first kappa shape index (κ1) is 15.8. The van der Waals surface area contributed by atoms with Crippen LogP contribution in [0, 0.1) is 29.6 Å². The number of para-hydroxylation sites is 2. The van der Waals surface area contributed by atoms with Crippen LogP contribution in [0.1, 0.15) is 15.9 Å². The molecule has 0 radical (unpaired) electrons. The molecule has 23 heavy (non-hydrogen) atoms. The molecule has 0 heterocycles. The number of carbonyl (C=O) groups is 1. The van der Waals surface area contributed by atoms with Crippen LogP contribution in [-0.2, 0) is 0 Å². The predicted octanol–water partition coefficient (Wildman–Crippen LogP) is 3.59. The van der Waals surface area contributed by atoms with Gasteiger partial charge >= 0.3 is 0 Å². The molecule has 0 saturated carbocycles. The van der Waals surface area contributed by atoms with Crippen molar-refractivity contribution in [2.45, 2.75) is 6.92 Å². The van der Waals surface area contributed by atoms with Gasteiger partial charge in [-0.25, -0.2) is 0 Å². The van der Waals surface area contributed by atoms with Gasteiger partial charge in [0.2, 0.25) is 0 Å². The number of benzene rings is 2. The van der Waals surface area contributed by atoms with Gasteiger partial charge in [0, 0.05) is 11.9 Å². The third kappa shape index (κ3) is 3.96. The molecule has 2 N–H and O–H groups in total. The van der Waals surface area contributed by atoms with E-state index in [2.05, 4.69) is 10.6 Å². The molecular formula is C18H14N4O. The molecule has 0 aliphatic carbocycles. The standard InChI is InChI=1S/C18H14N4O/c1-13-6-2-4-8-16(13)22-18(23)15-7-3-5-9-17(15)21-12-14(10-19)11-20/h2-9,12,21H,1H3,(H,22,23). The highest BCUT2D eigenvalue weighted by molar-refractivity contribution is 6.08. The maximum absolute atomic E-state index is 12.5. The van der Waals surface area contributed by atoms with Crippen molar-refractivity contribution in [3.8, 4) is 12.1 Å². The Labute approximate surface area is 134 Å². The molecular weight excluding hydrogens is 288 g/mol. The zero-order valence-corrected chi connectivity index (χ0v) is 12.5. The average molecular weight is 302 g/mol. The van der Waals surface area contributed by atoms with E-state index in [0.29, 0.717) is 11.3 Å². The van der Waals surface area contributed by atoms with E-state index >= 15 is 0 Å². The summed E-state index contributed by atoms with van der Waals surface area (Å²) in [7, 11) is 0. The molecule has 2 aromatic rings. The lowest BCUT2D eigenvalue weighted by Gasteiger charge is -2.11. The summed E-state index contributed by atoms with van der Waals surface area (Å²) in [5.41, 5.74) is 2.56. The van der Waals surface area contributed by atoms with E-state index in [0.717, 1.165) is 11.3 Å². The molecule has 2 aromatic carbocycles. The normalized spacial score (nSPS) is 9.17. The summed E-state index contributed by atoms with van der Waals surface area (Å²) in [4.78, 5) is 12.5. The first-order chi connectivity index (χ1) is 11.2. The Morgan fingerprint density at radius 1 is 1.00 bits per heavy atom. The average Bonchev–Trinajstić information content (AvgIpc) is 2.58. The lowest BCUT2D eigenvalue weighted by Crippen LogP contribution is -2.14. The zero-order chi connectivity index (χ0) is 16.7. The molecule has 0 fully saturated rings. The molecule has 112 valence electrons. The van der Waals surface area contributed by atoms with E-state index in [4.69, 9.17) is 10.5 Å². The van der Waals surface area contributed by atoms with E-state index in [9.17, 15) is 4.79 Å². The molecule has 0 bridgehead atoms. The van der Waals surface area contributed by atoms with Crippen LogP contribution in [0.15, 0.2) is 60.3 Å². The van der Waals surface area contributed by atoms with Crippen LogP contribution in [0.4, 0.5) is 11.4 Å². The lowest BCUT2D eigenvalue weighted by molar-refractivity contribution is 0.102. The van der Waals surface area contributed by atoms with Gasteiger partial charge in [-0.3, -0.25) is 4.79 Å². The second-order valence-electron chi connectivity index (χ2n) is 4.74. The largest absolute Gasteiger partial charge is 0.359 e. The Balaban J connectivity index is 2.25. The fourth-order valence-corrected chi connectivity index (χ4v) is 1.95. The third-order valence-corrected chi connectivity index (χ3v) is 3.18. The third-order valence-electron chi connectivity index (χ3n) is 3.18. The molecule has 0 aromatic heterocycles. The van der Waals surface area contributed by atoms with Crippen molar-refractivity contribution >= 4 is 17.3 Å². The highest BCUT2D eigenvalue weighted by atomic mass is 16.1. The first-order valence-electron chi connectivity index (χ1n) is 6.88. The monoisotopic (exact) mass is 302 g/mol.